The highest BCUT2D eigenvalue weighted by atomic mass is 16.5. The molecule has 0 amide bonds. The summed E-state index contributed by atoms with van der Waals surface area (Å²) in [6.07, 6.45) is 1.64. The number of carbonyl (C=O) groups is 1. The highest BCUT2D eigenvalue weighted by Gasteiger charge is 2.12. The van der Waals surface area contributed by atoms with Gasteiger partial charge < -0.3 is 14.4 Å². The van der Waals surface area contributed by atoms with Crippen molar-refractivity contribution in [3.05, 3.63) is 29.8 Å². The second kappa shape index (κ2) is 5.37. The lowest BCUT2D eigenvalue weighted by molar-refractivity contribution is -0.142. The fraction of sp³-hybridized carbons (Fsp3) is 0.273. The molecule has 7 heteroatoms. The van der Waals surface area contributed by atoms with Gasteiger partial charge in [-0.3, -0.25) is 4.98 Å². The molecule has 0 aromatic carbocycles. The van der Waals surface area contributed by atoms with E-state index in [1.807, 2.05) is 19.1 Å². The fourth-order valence-electron chi connectivity index (χ4n) is 1.36. The van der Waals surface area contributed by atoms with Gasteiger partial charge in [-0.25, -0.2) is 4.79 Å². The van der Waals surface area contributed by atoms with E-state index in [4.69, 9.17) is 14.4 Å². The van der Waals surface area contributed by atoms with Gasteiger partial charge in [-0.2, -0.15) is 4.98 Å². The maximum Gasteiger partial charge on any atom is 0.329 e. The van der Waals surface area contributed by atoms with Crippen LogP contribution in [0.2, 0.25) is 0 Å². The Morgan fingerprint density at radius 3 is 3.11 bits per heavy atom. The van der Waals surface area contributed by atoms with Crippen LogP contribution in [0, 0.1) is 6.92 Å². The highest BCUT2D eigenvalue weighted by Crippen LogP contribution is 2.16. The summed E-state index contributed by atoms with van der Waals surface area (Å²) in [5.41, 5.74) is 1.56. The van der Waals surface area contributed by atoms with Crippen molar-refractivity contribution >= 4 is 5.97 Å². The van der Waals surface area contributed by atoms with Crippen LogP contribution >= 0.6 is 0 Å². The summed E-state index contributed by atoms with van der Waals surface area (Å²) < 4.78 is 9.78. The number of ether oxygens (including phenoxy) is 1. The van der Waals surface area contributed by atoms with Crippen LogP contribution in [-0.4, -0.2) is 32.8 Å². The summed E-state index contributed by atoms with van der Waals surface area (Å²) in [6.45, 7) is 1.45. The molecular weight excluding hydrogens is 238 g/mol. The van der Waals surface area contributed by atoms with Gasteiger partial charge in [-0.05, 0) is 18.6 Å². The van der Waals surface area contributed by atoms with Crippen LogP contribution in [0.25, 0.3) is 11.5 Å². The molecule has 0 radical (unpaired) electrons. The second-order valence-corrected chi connectivity index (χ2v) is 3.57. The first-order chi connectivity index (χ1) is 8.66. The van der Waals surface area contributed by atoms with Crippen molar-refractivity contribution in [3.8, 4) is 11.5 Å². The molecule has 18 heavy (non-hydrogen) atoms. The maximum atomic E-state index is 10.3. The molecule has 0 aliphatic carbocycles. The number of carboxylic acid groups (broad SMARTS) is 1. The zero-order chi connectivity index (χ0) is 13.0. The summed E-state index contributed by atoms with van der Waals surface area (Å²) in [6, 6.07) is 3.70. The molecular formula is C11H11N3O4. The minimum Gasteiger partial charge on any atom is -0.480 e. The van der Waals surface area contributed by atoms with E-state index in [2.05, 4.69) is 15.1 Å². The minimum absolute atomic E-state index is 0.0365. The van der Waals surface area contributed by atoms with Crippen molar-refractivity contribution in [1.82, 2.24) is 15.1 Å². The zero-order valence-electron chi connectivity index (χ0n) is 9.66. The van der Waals surface area contributed by atoms with Crippen molar-refractivity contribution in [1.29, 1.82) is 0 Å². The summed E-state index contributed by atoms with van der Waals surface area (Å²) >= 11 is 0. The molecule has 0 atom stereocenters. The van der Waals surface area contributed by atoms with Crippen LogP contribution in [0.15, 0.2) is 22.9 Å². The Kier molecular flexibility index (Phi) is 3.63. The fourth-order valence-corrected chi connectivity index (χ4v) is 1.36. The first kappa shape index (κ1) is 12.2. The predicted octanol–water partition coefficient (Wildman–Crippen LogP) is 1.04. The van der Waals surface area contributed by atoms with Crippen LogP contribution in [0.4, 0.5) is 0 Å². The van der Waals surface area contributed by atoms with Crippen LogP contribution in [0.5, 0.6) is 0 Å². The molecule has 0 spiro atoms. The van der Waals surface area contributed by atoms with Crippen molar-refractivity contribution < 1.29 is 19.2 Å². The Morgan fingerprint density at radius 2 is 2.39 bits per heavy atom. The largest absolute Gasteiger partial charge is 0.480 e. The molecule has 2 aromatic heterocycles. The molecule has 0 aliphatic heterocycles. The topological polar surface area (TPSA) is 98.3 Å². The van der Waals surface area contributed by atoms with Crippen molar-refractivity contribution in [2.75, 3.05) is 6.61 Å². The normalized spacial score (nSPS) is 10.5. The number of aromatic nitrogens is 3. The van der Waals surface area contributed by atoms with Gasteiger partial charge in [0.1, 0.15) is 18.9 Å². The van der Waals surface area contributed by atoms with Crippen LogP contribution in [0.1, 0.15) is 11.5 Å². The van der Waals surface area contributed by atoms with E-state index < -0.39 is 12.6 Å². The number of aliphatic carboxylic acids is 1. The molecule has 2 heterocycles. The third kappa shape index (κ3) is 2.89. The van der Waals surface area contributed by atoms with Gasteiger partial charge >= 0.3 is 5.97 Å². The predicted molar refractivity (Wildman–Crippen MR) is 59.6 cm³/mol. The Hall–Kier alpha value is -2.28. The Bertz CT molecular complexity index is 553. The van der Waals surface area contributed by atoms with Gasteiger partial charge in [0.25, 0.3) is 5.89 Å². The molecule has 7 nitrogen and oxygen atoms in total. The molecule has 2 aromatic rings. The van der Waals surface area contributed by atoms with Gasteiger partial charge in [-0.15, -0.1) is 0 Å². The van der Waals surface area contributed by atoms with Crippen molar-refractivity contribution in [2.24, 2.45) is 0 Å². The molecule has 94 valence electrons. The average Bonchev–Trinajstić information content (AvgIpc) is 2.78. The maximum absolute atomic E-state index is 10.3. The SMILES string of the molecule is Cc1cccnc1-c1noc(COCC(=O)O)n1. The van der Waals surface area contributed by atoms with E-state index in [1.165, 1.54) is 0 Å². The number of pyridine rings is 1. The Labute approximate surface area is 102 Å². The van der Waals surface area contributed by atoms with Crippen molar-refractivity contribution in [2.45, 2.75) is 13.5 Å². The van der Waals surface area contributed by atoms with E-state index in [9.17, 15) is 4.79 Å². The van der Waals surface area contributed by atoms with Gasteiger partial charge in [0.2, 0.25) is 5.82 Å². The van der Waals surface area contributed by atoms with E-state index in [1.54, 1.807) is 6.20 Å². The zero-order valence-corrected chi connectivity index (χ0v) is 9.66. The third-order valence-electron chi connectivity index (χ3n) is 2.14. The molecule has 1 N–H and O–H groups in total. The molecule has 0 bridgehead atoms. The lowest BCUT2D eigenvalue weighted by Gasteiger charge is -1.97. The van der Waals surface area contributed by atoms with Gasteiger partial charge in [0.15, 0.2) is 0 Å². The van der Waals surface area contributed by atoms with Gasteiger partial charge in [0.05, 0.1) is 0 Å². The molecule has 0 fully saturated rings. The minimum atomic E-state index is -1.05. The molecule has 0 saturated carbocycles. The van der Waals surface area contributed by atoms with Gasteiger partial charge in [0, 0.05) is 6.20 Å². The van der Waals surface area contributed by atoms with Crippen molar-refractivity contribution in [3.63, 3.8) is 0 Å². The number of hydrogen-bond donors (Lipinski definition) is 1. The molecule has 0 aliphatic rings. The summed E-state index contributed by atoms with van der Waals surface area (Å²) in [5, 5.41) is 12.2. The number of carboxylic acids is 1. The number of rotatable bonds is 5. The smallest absolute Gasteiger partial charge is 0.329 e. The molecule has 0 unspecified atom stereocenters. The van der Waals surface area contributed by atoms with Crippen LogP contribution in [0.3, 0.4) is 0 Å². The summed E-state index contributed by atoms with van der Waals surface area (Å²) in [7, 11) is 0. The number of hydrogen-bond acceptors (Lipinski definition) is 6. The standard InChI is InChI=1S/C11H11N3O4/c1-7-3-2-4-12-10(7)11-13-8(18-14-11)5-17-6-9(15)16/h2-4H,5-6H2,1H3,(H,15,16). The number of aryl methyl sites for hydroxylation is 1. The second-order valence-electron chi connectivity index (χ2n) is 3.57. The van der Waals surface area contributed by atoms with E-state index in [0.29, 0.717) is 11.5 Å². The lowest BCUT2D eigenvalue weighted by atomic mass is 10.2. The van der Waals surface area contributed by atoms with Crippen LogP contribution < -0.4 is 0 Å². The van der Waals surface area contributed by atoms with E-state index in [0.717, 1.165) is 5.56 Å². The molecule has 2 rings (SSSR count). The lowest BCUT2D eigenvalue weighted by Crippen LogP contribution is -2.06. The third-order valence-corrected chi connectivity index (χ3v) is 2.14. The quantitative estimate of drug-likeness (QED) is 0.845. The Morgan fingerprint density at radius 1 is 1.56 bits per heavy atom. The number of nitrogens with zero attached hydrogens (tertiary/aromatic N) is 3. The summed E-state index contributed by atoms with van der Waals surface area (Å²) in [5.74, 6) is -0.464. The van der Waals surface area contributed by atoms with E-state index in [-0.39, 0.29) is 12.5 Å². The molecule has 0 saturated heterocycles. The average molecular weight is 249 g/mol. The van der Waals surface area contributed by atoms with Crippen LogP contribution in [-0.2, 0) is 16.1 Å². The first-order valence-corrected chi connectivity index (χ1v) is 5.21. The summed E-state index contributed by atoms with van der Waals surface area (Å²) in [4.78, 5) is 18.5. The van der Waals surface area contributed by atoms with E-state index >= 15 is 0 Å². The monoisotopic (exact) mass is 249 g/mol. The van der Waals surface area contributed by atoms with Gasteiger partial charge in [-0.1, -0.05) is 11.2 Å². The first-order valence-electron chi connectivity index (χ1n) is 5.21. The highest BCUT2D eigenvalue weighted by molar-refractivity contribution is 5.67. The Balaban J connectivity index is 2.06.